The number of thiazole rings is 1. The molecule has 0 unspecified atom stereocenters. The van der Waals surface area contributed by atoms with Crippen molar-refractivity contribution in [1.29, 1.82) is 0 Å². The molecule has 3 rings (SSSR count). The third kappa shape index (κ3) is 5.28. The lowest BCUT2D eigenvalue weighted by Crippen LogP contribution is -2.33. The summed E-state index contributed by atoms with van der Waals surface area (Å²) in [6, 6.07) is 11.9. The molecular formula is C21H25ClFN3OS. The van der Waals surface area contributed by atoms with Gasteiger partial charge in [-0.3, -0.25) is 9.69 Å². The number of benzene rings is 2. The number of aryl methyl sites for hydroxylation is 1. The number of anilines is 1. The third-order valence-electron chi connectivity index (χ3n) is 4.40. The van der Waals surface area contributed by atoms with Crippen LogP contribution in [0.4, 0.5) is 9.52 Å². The van der Waals surface area contributed by atoms with E-state index in [0.717, 1.165) is 29.6 Å². The zero-order chi connectivity index (χ0) is 19.4. The van der Waals surface area contributed by atoms with Crippen molar-refractivity contribution < 1.29 is 9.18 Å². The van der Waals surface area contributed by atoms with Crippen molar-refractivity contribution in [3.63, 3.8) is 0 Å². The highest BCUT2D eigenvalue weighted by Crippen LogP contribution is 2.31. The lowest BCUT2D eigenvalue weighted by molar-refractivity contribution is 0.0986. The van der Waals surface area contributed by atoms with Crippen molar-refractivity contribution in [3.05, 3.63) is 59.4 Å². The number of aromatic nitrogens is 1. The zero-order valence-corrected chi connectivity index (χ0v) is 17.9. The Morgan fingerprint density at radius 3 is 2.46 bits per heavy atom. The summed E-state index contributed by atoms with van der Waals surface area (Å²) in [6.45, 7) is 3.56. The van der Waals surface area contributed by atoms with Gasteiger partial charge in [0.05, 0.1) is 10.2 Å². The van der Waals surface area contributed by atoms with Crippen molar-refractivity contribution >= 4 is 45.0 Å². The van der Waals surface area contributed by atoms with E-state index >= 15 is 0 Å². The average molecular weight is 422 g/mol. The summed E-state index contributed by atoms with van der Waals surface area (Å²) < 4.78 is 14.3. The molecule has 150 valence electrons. The Kier molecular flexibility index (Phi) is 7.92. The smallest absolute Gasteiger partial charge is 0.260 e. The van der Waals surface area contributed by atoms with Crippen LogP contribution < -0.4 is 4.90 Å². The first-order valence-corrected chi connectivity index (χ1v) is 9.91. The fourth-order valence-electron chi connectivity index (χ4n) is 2.87. The van der Waals surface area contributed by atoms with Crippen molar-refractivity contribution in [2.75, 3.05) is 32.1 Å². The summed E-state index contributed by atoms with van der Waals surface area (Å²) in [5.74, 6) is -0.499. The molecule has 28 heavy (non-hydrogen) atoms. The number of halogens is 2. The molecule has 0 fully saturated rings. The number of hydrogen-bond acceptors (Lipinski definition) is 4. The molecular weight excluding hydrogens is 397 g/mol. The minimum atomic E-state index is -0.349. The van der Waals surface area contributed by atoms with E-state index in [4.69, 9.17) is 0 Å². The van der Waals surface area contributed by atoms with Gasteiger partial charge in [-0.2, -0.15) is 0 Å². The minimum absolute atomic E-state index is 0. The Labute approximate surface area is 175 Å². The molecule has 0 saturated heterocycles. The molecule has 0 spiro atoms. The van der Waals surface area contributed by atoms with Crippen LogP contribution >= 0.6 is 23.7 Å². The Bertz CT molecular complexity index is 927. The molecule has 0 aliphatic rings. The van der Waals surface area contributed by atoms with Gasteiger partial charge < -0.3 is 4.90 Å². The second-order valence-corrected chi connectivity index (χ2v) is 7.78. The topological polar surface area (TPSA) is 36.4 Å². The summed E-state index contributed by atoms with van der Waals surface area (Å²) in [6.07, 6.45) is 1.79. The fraction of sp³-hybridized carbons (Fsp3) is 0.333. The normalized spacial score (nSPS) is 10.9. The third-order valence-corrected chi connectivity index (χ3v) is 5.45. The largest absolute Gasteiger partial charge is 0.309 e. The summed E-state index contributed by atoms with van der Waals surface area (Å²) >= 11 is 1.53. The lowest BCUT2D eigenvalue weighted by Gasteiger charge is -2.21. The van der Waals surface area contributed by atoms with Gasteiger partial charge in [-0.1, -0.05) is 24.3 Å². The number of nitrogens with zero attached hydrogens (tertiary/aromatic N) is 3. The van der Waals surface area contributed by atoms with Crippen LogP contribution in [0, 0.1) is 5.82 Å². The van der Waals surface area contributed by atoms with Gasteiger partial charge in [0.25, 0.3) is 5.91 Å². The second kappa shape index (κ2) is 9.96. The maximum Gasteiger partial charge on any atom is 0.260 e. The van der Waals surface area contributed by atoms with Crippen molar-refractivity contribution in [2.45, 2.75) is 19.8 Å². The predicted octanol–water partition coefficient (Wildman–Crippen LogP) is 5.02. The van der Waals surface area contributed by atoms with Crippen molar-refractivity contribution in [2.24, 2.45) is 0 Å². The Morgan fingerprint density at radius 1 is 1.11 bits per heavy atom. The van der Waals surface area contributed by atoms with Crippen LogP contribution in [-0.2, 0) is 6.42 Å². The molecule has 1 heterocycles. The van der Waals surface area contributed by atoms with E-state index in [-0.39, 0.29) is 24.1 Å². The average Bonchev–Trinajstić information content (AvgIpc) is 3.07. The van der Waals surface area contributed by atoms with Crippen LogP contribution in [-0.4, -0.2) is 43.0 Å². The van der Waals surface area contributed by atoms with Crippen molar-refractivity contribution in [3.8, 4) is 0 Å². The molecule has 0 aliphatic carbocycles. The summed E-state index contributed by atoms with van der Waals surface area (Å²) in [7, 11) is 4.02. The second-order valence-electron chi connectivity index (χ2n) is 6.77. The molecule has 4 nitrogen and oxygen atoms in total. The number of fused-ring (bicyclic) bond motifs is 1. The summed E-state index contributed by atoms with van der Waals surface area (Å²) in [5.41, 5.74) is 2.62. The van der Waals surface area contributed by atoms with Gasteiger partial charge in [-0.05, 0) is 75.4 Å². The van der Waals surface area contributed by atoms with Gasteiger partial charge in [-0.15, -0.1) is 12.4 Å². The van der Waals surface area contributed by atoms with Gasteiger partial charge in [0, 0.05) is 12.1 Å². The van der Waals surface area contributed by atoms with Gasteiger partial charge in [0.15, 0.2) is 5.13 Å². The van der Waals surface area contributed by atoms with E-state index in [1.54, 1.807) is 4.90 Å². The number of carbonyl (C=O) groups excluding carboxylic acids is 1. The number of rotatable bonds is 7. The van der Waals surface area contributed by atoms with E-state index in [2.05, 4.69) is 28.9 Å². The standard InChI is InChI=1S/C21H24FN3OS.ClH/c1-4-15-6-11-18-19(14-15)27-21(23-18)25(13-5-12-24(2)3)20(26)16-7-9-17(22)10-8-16;/h6-11,14H,4-5,12-13H2,1-3H3;1H. The van der Waals surface area contributed by atoms with Crippen LogP contribution in [0.1, 0.15) is 29.3 Å². The van der Waals surface area contributed by atoms with E-state index in [9.17, 15) is 9.18 Å². The molecule has 2 aromatic carbocycles. The zero-order valence-electron chi connectivity index (χ0n) is 16.3. The summed E-state index contributed by atoms with van der Waals surface area (Å²) in [4.78, 5) is 21.6. The molecule has 3 aromatic rings. The molecule has 1 amide bonds. The molecule has 0 saturated carbocycles. The fourth-order valence-corrected chi connectivity index (χ4v) is 3.92. The van der Waals surface area contributed by atoms with Crippen LogP contribution in [0.2, 0.25) is 0 Å². The molecule has 1 aromatic heterocycles. The Hall–Kier alpha value is -2.02. The lowest BCUT2D eigenvalue weighted by atomic mass is 10.2. The van der Waals surface area contributed by atoms with Crippen LogP contribution in [0.5, 0.6) is 0 Å². The first-order valence-electron chi connectivity index (χ1n) is 9.09. The highest BCUT2D eigenvalue weighted by molar-refractivity contribution is 7.22. The van der Waals surface area contributed by atoms with Crippen molar-refractivity contribution in [1.82, 2.24) is 9.88 Å². The Balaban J connectivity index is 0.00000280. The maximum absolute atomic E-state index is 13.2. The van der Waals surface area contributed by atoms with Gasteiger partial charge in [0.1, 0.15) is 5.82 Å². The van der Waals surface area contributed by atoms with Crippen LogP contribution in [0.25, 0.3) is 10.2 Å². The van der Waals surface area contributed by atoms with E-state index in [0.29, 0.717) is 17.2 Å². The molecule has 0 aliphatic heterocycles. The monoisotopic (exact) mass is 421 g/mol. The number of hydrogen-bond donors (Lipinski definition) is 0. The first-order chi connectivity index (χ1) is 13.0. The first kappa shape index (κ1) is 22.3. The van der Waals surface area contributed by atoms with Crippen LogP contribution in [0.15, 0.2) is 42.5 Å². The summed E-state index contributed by atoms with van der Waals surface area (Å²) in [5, 5.41) is 0.686. The molecule has 0 radical (unpaired) electrons. The van der Waals surface area contributed by atoms with E-state index < -0.39 is 0 Å². The molecule has 0 atom stereocenters. The molecule has 0 bridgehead atoms. The molecule has 0 N–H and O–H groups in total. The van der Waals surface area contributed by atoms with E-state index in [1.165, 1.54) is 41.2 Å². The highest BCUT2D eigenvalue weighted by Gasteiger charge is 2.21. The number of carbonyl (C=O) groups is 1. The Morgan fingerprint density at radius 2 is 1.82 bits per heavy atom. The van der Waals surface area contributed by atoms with E-state index in [1.807, 2.05) is 20.2 Å². The van der Waals surface area contributed by atoms with Crippen LogP contribution in [0.3, 0.4) is 0 Å². The highest BCUT2D eigenvalue weighted by atomic mass is 35.5. The maximum atomic E-state index is 13.2. The van der Waals surface area contributed by atoms with Gasteiger partial charge in [-0.25, -0.2) is 9.37 Å². The number of amides is 1. The van der Waals surface area contributed by atoms with Gasteiger partial charge in [0.2, 0.25) is 0 Å². The minimum Gasteiger partial charge on any atom is -0.309 e. The predicted molar refractivity (Wildman–Crippen MR) is 117 cm³/mol. The SMILES string of the molecule is CCc1ccc2nc(N(CCCN(C)C)C(=O)c3ccc(F)cc3)sc2c1.Cl. The quantitative estimate of drug-likeness (QED) is 0.537. The van der Waals surface area contributed by atoms with Gasteiger partial charge >= 0.3 is 0 Å². The molecule has 7 heteroatoms.